The molecule has 0 radical (unpaired) electrons. The van der Waals surface area contributed by atoms with E-state index >= 15 is 0 Å². The van der Waals surface area contributed by atoms with Crippen molar-refractivity contribution < 1.29 is 9.13 Å². The number of nitrogens with one attached hydrogen (secondary N) is 1. The molecular formula is C13H14FN3O. The Bertz CT molecular complexity index is 572. The number of rotatable bonds is 3. The van der Waals surface area contributed by atoms with Crippen molar-refractivity contribution in [3.05, 3.63) is 42.2 Å². The maximum atomic E-state index is 13.6. The molecule has 0 amide bonds. The molecule has 4 nitrogen and oxygen atoms in total. The topological polar surface area (TPSA) is 73.3 Å². The molecule has 18 heavy (non-hydrogen) atoms. The van der Waals surface area contributed by atoms with E-state index in [1.807, 2.05) is 0 Å². The van der Waals surface area contributed by atoms with Crippen molar-refractivity contribution in [2.75, 3.05) is 23.9 Å². The zero-order valence-electron chi connectivity index (χ0n) is 9.91. The summed E-state index contributed by atoms with van der Waals surface area (Å²) in [5, 5.41) is 2.92. The Morgan fingerprint density at radius 3 is 2.50 bits per heavy atom. The van der Waals surface area contributed by atoms with Crippen molar-refractivity contribution in [2.24, 2.45) is 0 Å². The summed E-state index contributed by atoms with van der Waals surface area (Å²) in [5.74, 6) is 0.202. The summed E-state index contributed by atoms with van der Waals surface area (Å²) in [6, 6.07) is 9.50. The minimum absolute atomic E-state index is 0.318. The number of nitrogens with two attached hydrogens (primary N) is 2. The molecule has 0 aromatic heterocycles. The van der Waals surface area contributed by atoms with Gasteiger partial charge in [-0.05, 0) is 30.3 Å². The molecule has 2 rings (SSSR count). The van der Waals surface area contributed by atoms with Crippen molar-refractivity contribution in [3.63, 3.8) is 0 Å². The van der Waals surface area contributed by atoms with Crippen LogP contribution in [-0.4, -0.2) is 7.11 Å². The molecule has 94 valence electrons. The van der Waals surface area contributed by atoms with Crippen LogP contribution in [0.2, 0.25) is 0 Å². The molecule has 0 spiro atoms. The van der Waals surface area contributed by atoms with Crippen LogP contribution in [0.4, 0.5) is 27.1 Å². The Morgan fingerprint density at radius 1 is 1.06 bits per heavy atom. The SMILES string of the molecule is COc1ccc(F)c(Nc2ccc(N)c(N)c2)c1. The number of benzene rings is 2. The highest BCUT2D eigenvalue weighted by Gasteiger charge is 2.05. The van der Waals surface area contributed by atoms with Gasteiger partial charge in [0.05, 0.1) is 24.2 Å². The maximum absolute atomic E-state index is 13.6. The normalized spacial score (nSPS) is 10.1. The molecule has 0 heterocycles. The Labute approximate surface area is 104 Å². The summed E-state index contributed by atoms with van der Waals surface area (Å²) in [4.78, 5) is 0. The quantitative estimate of drug-likeness (QED) is 0.729. The Kier molecular flexibility index (Phi) is 3.23. The van der Waals surface area contributed by atoms with Crippen LogP contribution >= 0.6 is 0 Å². The second-order valence-electron chi connectivity index (χ2n) is 3.81. The highest BCUT2D eigenvalue weighted by Crippen LogP contribution is 2.27. The Balaban J connectivity index is 2.30. The number of anilines is 4. The molecule has 0 fully saturated rings. The molecule has 0 aliphatic heterocycles. The molecule has 2 aromatic carbocycles. The van der Waals surface area contributed by atoms with E-state index in [0.29, 0.717) is 28.5 Å². The van der Waals surface area contributed by atoms with Crippen LogP contribution in [0.25, 0.3) is 0 Å². The molecule has 0 unspecified atom stereocenters. The standard InChI is InChI=1S/C13H14FN3O/c1-18-9-3-4-10(14)13(7-9)17-8-2-5-11(15)12(16)6-8/h2-7,17H,15-16H2,1H3. The molecular weight excluding hydrogens is 233 g/mol. The van der Waals surface area contributed by atoms with E-state index in [2.05, 4.69) is 5.32 Å². The van der Waals surface area contributed by atoms with Crippen molar-refractivity contribution in [1.82, 2.24) is 0 Å². The molecule has 2 aromatic rings. The summed E-state index contributed by atoms with van der Waals surface area (Å²) >= 11 is 0. The monoisotopic (exact) mass is 247 g/mol. The van der Waals surface area contributed by atoms with Crippen LogP contribution < -0.4 is 21.5 Å². The number of ether oxygens (including phenoxy) is 1. The van der Waals surface area contributed by atoms with Gasteiger partial charge < -0.3 is 21.5 Å². The predicted octanol–water partition coefficient (Wildman–Crippen LogP) is 2.74. The lowest BCUT2D eigenvalue weighted by atomic mass is 10.2. The van der Waals surface area contributed by atoms with Gasteiger partial charge in [-0.25, -0.2) is 4.39 Å². The van der Waals surface area contributed by atoms with Crippen LogP contribution in [0.15, 0.2) is 36.4 Å². The lowest BCUT2D eigenvalue weighted by molar-refractivity contribution is 0.414. The number of nitrogen functional groups attached to an aromatic ring is 2. The molecule has 5 N–H and O–H groups in total. The Hall–Kier alpha value is -2.43. The van der Waals surface area contributed by atoms with Crippen molar-refractivity contribution in [2.45, 2.75) is 0 Å². The summed E-state index contributed by atoms with van der Waals surface area (Å²) in [7, 11) is 1.53. The van der Waals surface area contributed by atoms with E-state index in [0.717, 1.165) is 0 Å². The zero-order valence-corrected chi connectivity index (χ0v) is 9.91. The van der Waals surface area contributed by atoms with Gasteiger partial charge in [-0.15, -0.1) is 0 Å². The second kappa shape index (κ2) is 4.83. The fourth-order valence-electron chi connectivity index (χ4n) is 1.54. The van der Waals surface area contributed by atoms with Crippen molar-refractivity contribution >= 4 is 22.7 Å². The van der Waals surface area contributed by atoms with Crippen LogP contribution in [0, 0.1) is 5.82 Å². The van der Waals surface area contributed by atoms with Gasteiger partial charge in [-0.2, -0.15) is 0 Å². The van der Waals surface area contributed by atoms with Gasteiger partial charge in [0.25, 0.3) is 0 Å². The van der Waals surface area contributed by atoms with Gasteiger partial charge in [0, 0.05) is 11.8 Å². The first-order valence-electron chi connectivity index (χ1n) is 5.35. The highest BCUT2D eigenvalue weighted by molar-refractivity contribution is 5.72. The van der Waals surface area contributed by atoms with E-state index in [1.165, 1.54) is 13.2 Å². The number of halogens is 1. The van der Waals surface area contributed by atoms with E-state index in [9.17, 15) is 4.39 Å². The average molecular weight is 247 g/mol. The molecule has 0 aliphatic rings. The van der Waals surface area contributed by atoms with E-state index < -0.39 is 0 Å². The lowest BCUT2D eigenvalue weighted by Crippen LogP contribution is -1.98. The minimum Gasteiger partial charge on any atom is -0.497 e. The van der Waals surface area contributed by atoms with Crippen molar-refractivity contribution in [3.8, 4) is 5.75 Å². The third kappa shape index (κ3) is 2.45. The number of methoxy groups -OCH3 is 1. The van der Waals surface area contributed by atoms with Crippen LogP contribution in [-0.2, 0) is 0 Å². The van der Waals surface area contributed by atoms with Gasteiger partial charge in [0.1, 0.15) is 11.6 Å². The molecule has 0 saturated carbocycles. The lowest BCUT2D eigenvalue weighted by Gasteiger charge is -2.10. The molecule has 5 heteroatoms. The van der Waals surface area contributed by atoms with Crippen molar-refractivity contribution in [1.29, 1.82) is 0 Å². The molecule has 0 atom stereocenters. The third-order valence-corrected chi connectivity index (χ3v) is 2.54. The number of hydrogen-bond acceptors (Lipinski definition) is 4. The van der Waals surface area contributed by atoms with Gasteiger partial charge in [-0.3, -0.25) is 0 Å². The first-order chi connectivity index (χ1) is 8.60. The van der Waals surface area contributed by atoms with Crippen LogP contribution in [0.3, 0.4) is 0 Å². The van der Waals surface area contributed by atoms with Gasteiger partial charge in [0.15, 0.2) is 0 Å². The number of hydrogen-bond donors (Lipinski definition) is 3. The van der Waals surface area contributed by atoms with Crippen LogP contribution in [0.5, 0.6) is 5.75 Å². The molecule has 0 saturated heterocycles. The third-order valence-electron chi connectivity index (χ3n) is 2.54. The highest BCUT2D eigenvalue weighted by atomic mass is 19.1. The fourth-order valence-corrected chi connectivity index (χ4v) is 1.54. The largest absolute Gasteiger partial charge is 0.497 e. The maximum Gasteiger partial charge on any atom is 0.146 e. The predicted molar refractivity (Wildman–Crippen MR) is 71.5 cm³/mol. The summed E-state index contributed by atoms with van der Waals surface area (Å²) < 4.78 is 18.6. The molecule has 0 aliphatic carbocycles. The van der Waals surface area contributed by atoms with Gasteiger partial charge in [-0.1, -0.05) is 0 Å². The van der Waals surface area contributed by atoms with E-state index in [4.69, 9.17) is 16.2 Å². The first-order valence-corrected chi connectivity index (χ1v) is 5.35. The molecule has 0 bridgehead atoms. The summed E-state index contributed by atoms with van der Waals surface area (Å²) in [6.45, 7) is 0. The van der Waals surface area contributed by atoms with Gasteiger partial charge >= 0.3 is 0 Å². The summed E-state index contributed by atoms with van der Waals surface area (Å²) in [6.07, 6.45) is 0. The average Bonchev–Trinajstić information content (AvgIpc) is 2.36. The van der Waals surface area contributed by atoms with Gasteiger partial charge in [0.2, 0.25) is 0 Å². The fraction of sp³-hybridized carbons (Fsp3) is 0.0769. The van der Waals surface area contributed by atoms with Crippen LogP contribution in [0.1, 0.15) is 0 Å². The Morgan fingerprint density at radius 2 is 1.83 bits per heavy atom. The zero-order chi connectivity index (χ0) is 13.1. The second-order valence-corrected chi connectivity index (χ2v) is 3.81. The summed E-state index contributed by atoms with van der Waals surface area (Å²) in [5.41, 5.74) is 13.2. The minimum atomic E-state index is -0.369. The van der Waals surface area contributed by atoms with E-state index in [1.54, 1.807) is 30.3 Å². The first kappa shape index (κ1) is 12.0. The smallest absolute Gasteiger partial charge is 0.146 e. The van der Waals surface area contributed by atoms with E-state index in [-0.39, 0.29) is 5.82 Å².